The molecule has 1 unspecified atom stereocenters. The Morgan fingerprint density at radius 2 is 2.10 bits per heavy atom. The van der Waals surface area contributed by atoms with Crippen LogP contribution in [0.2, 0.25) is 4.34 Å². The maximum atomic E-state index is 13.0. The number of carbonyl (C=O) groups is 1. The number of carbonyl (C=O) groups excluding carboxylic acids is 1. The number of nitrogens with zero attached hydrogens (tertiary/aromatic N) is 3. The molecule has 4 heterocycles. The van der Waals surface area contributed by atoms with E-state index < -0.39 is 26.9 Å². The lowest BCUT2D eigenvalue weighted by Crippen LogP contribution is -2.49. The van der Waals surface area contributed by atoms with Crippen LogP contribution in [0.5, 0.6) is 0 Å². The molecule has 1 N–H and O–H groups in total. The molecule has 0 aliphatic carbocycles. The highest BCUT2D eigenvalue weighted by atomic mass is 35.5. The van der Waals surface area contributed by atoms with Gasteiger partial charge in [-0.05, 0) is 25.0 Å². The molecular formula is C17H15ClN4O5S4. The molecule has 1 fully saturated rings. The number of hydrogen-bond donors (Lipinski definition) is 1. The summed E-state index contributed by atoms with van der Waals surface area (Å²) in [5.41, 5.74) is 0.495. The summed E-state index contributed by atoms with van der Waals surface area (Å²) in [6, 6.07) is 3.53. The molecule has 0 saturated carbocycles. The van der Waals surface area contributed by atoms with E-state index in [1.165, 1.54) is 50.6 Å². The fourth-order valence-electron chi connectivity index (χ4n) is 3.20. The van der Waals surface area contributed by atoms with Gasteiger partial charge in [-0.3, -0.25) is 14.9 Å². The van der Waals surface area contributed by atoms with Crippen molar-refractivity contribution < 1.29 is 18.1 Å². The quantitative estimate of drug-likeness (QED) is 0.373. The van der Waals surface area contributed by atoms with Gasteiger partial charge in [0.15, 0.2) is 5.13 Å². The third-order valence-electron chi connectivity index (χ3n) is 4.65. The largest absolute Gasteiger partial charge is 0.301 e. The lowest BCUT2D eigenvalue weighted by molar-refractivity contribution is -0.384. The Labute approximate surface area is 194 Å². The Kier molecular flexibility index (Phi) is 6.42. The van der Waals surface area contributed by atoms with Gasteiger partial charge in [0.1, 0.15) is 10.3 Å². The lowest BCUT2D eigenvalue weighted by atomic mass is 10.0. The topological polar surface area (TPSA) is 123 Å². The summed E-state index contributed by atoms with van der Waals surface area (Å²) in [5.74, 6) is -0.455. The highest BCUT2D eigenvalue weighted by molar-refractivity contribution is 7.91. The van der Waals surface area contributed by atoms with Crippen LogP contribution in [0.25, 0.3) is 10.6 Å². The summed E-state index contributed by atoms with van der Waals surface area (Å²) in [5, 5.41) is 17.0. The Balaban J connectivity index is 1.52. The molecule has 0 aromatic carbocycles. The molecule has 14 heteroatoms. The summed E-state index contributed by atoms with van der Waals surface area (Å²) in [6.07, 6.45) is 1.80. The standard InChI is InChI=1S/C17H15ClN4O5S4/c18-14-4-5-15(30-14)31(26,27)21-6-2-1-3-12(21)16(23)20-17-19-11(9-29-17)13-7-10(8-28-13)22(24)25/h4-5,7-9,12H,1-3,6H2,(H,19,20,23). The van der Waals surface area contributed by atoms with Gasteiger partial charge in [0.05, 0.1) is 25.2 Å². The minimum Gasteiger partial charge on any atom is -0.301 e. The van der Waals surface area contributed by atoms with E-state index in [1.54, 1.807) is 5.38 Å². The molecule has 1 aliphatic rings. The molecule has 1 atom stereocenters. The zero-order chi connectivity index (χ0) is 22.2. The molecule has 1 amide bonds. The molecule has 3 aromatic rings. The average Bonchev–Trinajstić information content (AvgIpc) is 3.48. The minimum atomic E-state index is -3.84. The van der Waals surface area contributed by atoms with E-state index in [2.05, 4.69) is 10.3 Å². The number of nitro groups is 1. The number of rotatable bonds is 6. The number of aromatic nitrogens is 1. The molecule has 1 aliphatic heterocycles. The molecule has 4 rings (SSSR count). The van der Waals surface area contributed by atoms with Crippen LogP contribution in [0.4, 0.5) is 10.8 Å². The van der Waals surface area contributed by atoms with Gasteiger partial charge in [-0.15, -0.1) is 34.0 Å². The van der Waals surface area contributed by atoms with E-state index >= 15 is 0 Å². The molecule has 31 heavy (non-hydrogen) atoms. The van der Waals surface area contributed by atoms with Crippen LogP contribution in [0.15, 0.2) is 33.2 Å². The summed E-state index contributed by atoms with van der Waals surface area (Å²) < 4.78 is 27.8. The second kappa shape index (κ2) is 8.92. The normalized spacial score (nSPS) is 17.5. The number of thiophene rings is 2. The van der Waals surface area contributed by atoms with Crippen LogP contribution in [-0.4, -0.2) is 41.1 Å². The van der Waals surface area contributed by atoms with Crippen LogP contribution >= 0.6 is 45.6 Å². The number of sulfonamides is 1. The van der Waals surface area contributed by atoms with Crippen LogP contribution in [0, 0.1) is 10.1 Å². The van der Waals surface area contributed by atoms with Gasteiger partial charge in [0, 0.05) is 18.0 Å². The van der Waals surface area contributed by atoms with Gasteiger partial charge in [-0.25, -0.2) is 13.4 Å². The molecule has 1 saturated heterocycles. The maximum absolute atomic E-state index is 13.0. The Hall–Kier alpha value is -1.90. The fraction of sp³-hybridized carbons (Fsp3) is 0.294. The van der Waals surface area contributed by atoms with Gasteiger partial charge in [-0.1, -0.05) is 18.0 Å². The van der Waals surface area contributed by atoms with E-state index in [9.17, 15) is 23.3 Å². The van der Waals surface area contributed by atoms with Crippen LogP contribution in [-0.2, 0) is 14.8 Å². The zero-order valence-electron chi connectivity index (χ0n) is 15.7. The van der Waals surface area contributed by atoms with Crippen molar-refractivity contribution in [1.82, 2.24) is 9.29 Å². The van der Waals surface area contributed by atoms with Gasteiger partial charge >= 0.3 is 0 Å². The Morgan fingerprint density at radius 1 is 1.29 bits per heavy atom. The number of halogens is 1. The van der Waals surface area contributed by atoms with Gasteiger partial charge < -0.3 is 5.32 Å². The van der Waals surface area contributed by atoms with E-state index in [1.807, 2.05) is 0 Å². The predicted octanol–water partition coefficient (Wildman–Crippen LogP) is 4.68. The van der Waals surface area contributed by atoms with Gasteiger partial charge in [0.2, 0.25) is 5.91 Å². The van der Waals surface area contributed by atoms with Crippen LogP contribution < -0.4 is 5.32 Å². The van der Waals surface area contributed by atoms with Crippen molar-refractivity contribution in [1.29, 1.82) is 0 Å². The van der Waals surface area contributed by atoms with Crippen LogP contribution in [0.1, 0.15) is 19.3 Å². The zero-order valence-corrected chi connectivity index (χ0v) is 19.7. The second-order valence-electron chi connectivity index (χ2n) is 6.64. The fourth-order valence-corrected chi connectivity index (χ4v) is 8.07. The average molecular weight is 519 g/mol. The van der Waals surface area contributed by atoms with Crippen molar-refractivity contribution in [2.75, 3.05) is 11.9 Å². The van der Waals surface area contributed by atoms with Crippen molar-refractivity contribution in [2.45, 2.75) is 29.5 Å². The summed E-state index contributed by atoms with van der Waals surface area (Å²) in [6.45, 7) is 0.248. The molecule has 0 radical (unpaired) electrons. The first kappa shape index (κ1) is 22.3. The van der Waals surface area contributed by atoms with E-state index in [0.717, 1.165) is 17.8 Å². The SMILES string of the molecule is O=C(Nc1nc(-c2cc([N+](=O)[O-])cs2)cs1)C1CCCCN1S(=O)(=O)c1ccc(Cl)s1. The molecule has 0 spiro atoms. The molecule has 3 aromatic heterocycles. The van der Waals surface area contributed by atoms with Crippen molar-refractivity contribution >= 4 is 72.4 Å². The van der Waals surface area contributed by atoms with Crippen molar-refractivity contribution in [3.05, 3.63) is 43.4 Å². The molecular weight excluding hydrogens is 504 g/mol. The Morgan fingerprint density at radius 3 is 2.77 bits per heavy atom. The predicted molar refractivity (Wildman–Crippen MR) is 122 cm³/mol. The van der Waals surface area contributed by atoms with E-state index in [4.69, 9.17) is 11.6 Å². The summed E-state index contributed by atoms with van der Waals surface area (Å²) in [4.78, 5) is 28.3. The number of amides is 1. The first-order valence-electron chi connectivity index (χ1n) is 9.02. The monoisotopic (exact) mass is 518 g/mol. The van der Waals surface area contributed by atoms with Crippen LogP contribution in [0.3, 0.4) is 0 Å². The van der Waals surface area contributed by atoms with Gasteiger partial charge in [-0.2, -0.15) is 4.31 Å². The lowest BCUT2D eigenvalue weighted by Gasteiger charge is -2.32. The highest BCUT2D eigenvalue weighted by Gasteiger charge is 2.38. The highest BCUT2D eigenvalue weighted by Crippen LogP contribution is 2.34. The number of anilines is 1. The van der Waals surface area contributed by atoms with Crippen molar-refractivity contribution in [3.8, 4) is 10.6 Å². The first-order chi connectivity index (χ1) is 14.8. The van der Waals surface area contributed by atoms with Gasteiger partial charge in [0.25, 0.3) is 15.7 Å². The smallest absolute Gasteiger partial charge is 0.280 e. The maximum Gasteiger partial charge on any atom is 0.280 e. The Bertz CT molecular complexity index is 1230. The third kappa shape index (κ3) is 4.66. The van der Waals surface area contributed by atoms with Crippen molar-refractivity contribution in [2.24, 2.45) is 0 Å². The number of thiazole rings is 1. The van der Waals surface area contributed by atoms with E-state index in [-0.39, 0.29) is 16.4 Å². The minimum absolute atomic E-state index is 0.0182. The summed E-state index contributed by atoms with van der Waals surface area (Å²) in [7, 11) is -3.84. The second-order valence-corrected chi connectivity index (χ2v) is 12.2. The third-order valence-corrected chi connectivity index (χ3v) is 9.96. The molecule has 164 valence electrons. The van der Waals surface area contributed by atoms with E-state index in [0.29, 0.717) is 32.9 Å². The summed E-state index contributed by atoms with van der Waals surface area (Å²) >= 11 is 9.21. The number of nitrogens with one attached hydrogen (secondary N) is 1. The number of piperidine rings is 1. The van der Waals surface area contributed by atoms with Crippen molar-refractivity contribution in [3.63, 3.8) is 0 Å². The molecule has 9 nitrogen and oxygen atoms in total. The number of hydrogen-bond acceptors (Lipinski definition) is 9. The first-order valence-corrected chi connectivity index (χ1v) is 13.4. The molecule has 0 bridgehead atoms.